The van der Waals surface area contributed by atoms with Crippen LogP contribution in [0.25, 0.3) is 90.7 Å². The molecule has 0 saturated carbocycles. The molecule has 1 aliphatic carbocycles. The molecule has 6 aromatic carbocycles. The fourth-order valence-electron chi connectivity index (χ4n) is 8.77. The molecule has 0 amide bonds. The Balaban J connectivity index is 1.13. The maximum Gasteiger partial charge on any atom is 0.161 e. The smallest absolute Gasteiger partial charge is 0.161 e. The third-order valence-electron chi connectivity index (χ3n) is 11.9. The highest BCUT2D eigenvalue weighted by Crippen LogP contribution is 2.53. The van der Waals surface area contributed by atoms with Crippen molar-refractivity contribution in [1.82, 2.24) is 19.9 Å². The van der Waals surface area contributed by atoms with E-state index in [0.717, 1.165) is 84.2 Å². The number of fused-ring (bicyclic) bond motifs is 9. The maximum absolute atomic E-state index is 7.18. The molecule has 0 unspecified atom stereocenters. The van der Waals surface area contributed by atoms with Gasteiger partial charge in [0, 0.05) is 57.4 Å². The van der Waals surface area contributed by atoms with Crippen molar-refractivity contribution in [1.29, 1.82) is 0 Å². The monoisotopic (exact) mass is 770 g/mol. The van der Waals surface area contributed by atoms with Gasteiger partial charge in [0.15, 0.2) is 5.82 Å². The normalized spacial score (nSPS) is 13.6. The first kappa shape index (κ1) is 35.4. The molecular formula is C55H38N4O. The summed E-state index contributed by atoms with van der Waals surface area (Å²) in [6.07, 6.45) is 9.89. The van der Waals surface area contributed by atoms with E-state index in [1.54, 1.807) is 6.20 Å². The van der Waals surface area contributed by atoms with Crippen molar-refractivity contribution in [2.75, 3.05) is 0 Å². The molecular weight excluding hydrogens is 733 g/mol. The molecule has 0 bridgehead atoms. The second kappa shape index (κ2) is 14.3. The molecule has 0 fully saturated rings. The minimum atomic E-state index is -0.205. The largest absolute Gasteiger partial charge is 0.456 e. The Bertz CT molecular complexity index is 3130. The van der Waals surface area contributed by atoms with Gasteiger partial charge in [-0.3, -0.25) is 9.97 Å². The van der Waals surface area contributed by atoms with E-state index in [1.165, 1.54) is 22.3 Å². The number of hydrogen-bond donors (Lipinski definition) is 0. The van der Waals surface area contributed by atoms with Crippen molar-refractivity contribution in [2.24, 2.45) is 0 Å². The predicted molar refractivity (Wildman–Crippen MR) is 243 cm³/mol. The standard InChI is InChI=1S/C55H38N4O/c1-55(2)47-20-10-8-18-42(47)45-30-46-44-29-38(25-24-36(44)23-22-35-13-6-7-17-41(35)43-19-9-11-21-52(43)60-53(46)31-48(45)55)51-32-50(37-14-4-3-5-15-37)58-54(59-51)40-26-27-49(57-34-40)39-16-12-28-56-33-39/h3-34H,1-2H3/b23-22-. The molecule has 0 N–H and O–H groups in total. The van der Waals surface area contributed by atoms with Crippen molar-refractivity contribution in [3.8, 4) is 90.0 Å². The lowest BCUT2D eigenvalue weighted by Crippen LogP contribution is -2.15. The second-order valence-electron chi connectivity index (χ2n) is 15.9. The van der Waals surface area contributed by atoms with Crippen LogP contribution in [0, 0.1) is 0 Å². The quantitative estimate of drug-likeness (QED) is 0.178. The summed E-state index contributed by atoms with van der Waals surface area (Å²) < 4.78 is 7.18. The molecule has 60 heavy (non-hydrogen) atoms. The van der Waals surface area contributed by atoms with Gasteiger partial charge in [0.2, 0.25) is 0 Å². The van der Waals surface area contributed by atoms with E-state index in [0.29, 0.717) is 5.82 Å². The highest BCUT2D eigenvalue weighted by atomic mass is 16.5. The molecule has 0 atom stereocenters. The Labute approximate surface area is 349 Å². The summed E-state index contributed by atoms with van der Waals surface area (Å²) in [5.74, 6) is 2.21. The molecule has 0 radical (unpaired) electrons. The fourth-order valence-corrected chi connectivity index (χ4v) is 8.77. The van der Waals surface area contributed by atoms with Gasteiger partial charge in [0.05, 0.1) is 17.1 Å². The number of hydrogen-bond acceptors (Lipinski definition) is 5. The zero-order valence-electron chi connectivity index (χ0n) is 33.2. The van der Waals surface area contributed by atoms with E-state index in [1.807, 2.05) is 54.9 Å². The molecule has 2 aliphatic rings. The van der Waals surface area contributed by atoms with Crippen LogP contribution in [0.15, 0.2) is 182 Å². The van der Waals surface area contributed by atoms with Crippen LogP contribution in [0.3, 0.4) is 0 Å². The van der Waals surface area contributed by atoms with Gasteiger partial charge in [-0.15, -0.1) is 0 Å². The van der Waals surface area contributed by atoms with E-state index >= 15 is 0 Å². The minimum Gasteiger partial charge on any atom is -0.456 e. The molecule has 9 aromatic rings. The molecule has 0 spiro atoms. The average Bonchev–Trinajstić information content (AvgIpc) is 3.52. The van der Waals surface area contributed by atoms with Gasteiger partial charge in [0.1, 0.15) is 11.5 Å². The van der Waals surface area contributed by atoms with E-state index in [9.17, 15) is 0 Å². The SMILES string of the molecule is CC1(C)c2ccccc2-c2cc3c(cc21)Oc1ccccc1-c1ccccc1/C=C\c1ccc(-c2cc(-c4ccccc4)nc(-c4ccc(-c5cccnc5)nc4)n2)cc1-3. The van der Waals surface area contributed by atoms with E-state index in [-0.39, 0.29) is 5.41 Å². The van der Waals surface area contributed by atoms with Crippen LogP contribution >= 0.6 is 0 Å². The van der Waals surface area contributed by atoms with Gasteiger partial charge in [-0.1, -0.05) is 135 Å². The van der Waals surface area contributed by atoms with Crippen LogP contribution in [0.2, 0.25) is 0 Å². The van der Waals surface area contributed by atoms with Gasteiger partial charge in [-0.2, -0.15) is 0 Å². The average molecular weight is 771 g/mol. The zero-order chi connectivity index (χ0) is 40.2. The summed E-state index contributed by atoms with van der Waals surface area (Å²) in [6, 6.07) is 57.3. The highest BCUT2D eigenvalue weighted by molar-refractivity contribution is 5.94. The van der Waals surface area contributed by atoms with E-state index in [2.05, 4.69) is 152 Å². The van der Waals surface area contributed by atoms with Crippen molar-refractivity contribution in [3.63, 3.8) is 0 Å². The summed E-state index contributed by atoms with van der Waals surface area (Å²) in [5, 5.41) is 0. The summed E-state index contributed by atoms with van der Waals surface area (Å²) in [5.41, 5.74) is 17.5. The van der Waals surface area contributed by atoms with Crippen molar-refractivity contribution in [3.05, 3.63) is 205 Å². The summed E-state index contributed by atoms with van der Waals surface area (Å²) >= 11 is 0. The van der Waals surface area contributed by atoms with Crippen molar-refractivity contribution < 1.29 is 4.74 Å². The molecule has 4 heterocycles. The molecule has 284 valence electrons. The lowest BCUT2D eigenvalue weighted by atomic mass is 9.81. The van der Waals surface area contributed by atoms with Gasteiger partial charge >= 0.3 is 0 Å². The number of pyridine rings is 2. The van der Waals surface area contributed by atoms with Gasteiger partial charge in [-0.25, -0.2) is 9.97 Å². The van der Waals surface area contributed by atoms with Crippen LogP contribution in [-0.2, 0) is 5.41 Å². The van der Waals surface area contributed by atoms with Crippen LogP contribution in [0.4, 0.5) is 0 Å². The Hall–Kier alpha value is -7.76. The summed E-state index contributed by atoms with van der Waals surface area (Å²) in [7, 11) is 0. The van der Waals surface area contributed by atoms with Crippen LogP contribution in [0.5, 0.6) is 11.5 Å². The van der Waals surface area contributed by atoms with Crippen LogP contribution in [-0.4, -0.2) is 19.9 Å². The summed E-state index contributed by atoms with van der Waals surface area (Å²) in [4.78, 5) is 19.4. The molecule has 1 aliphatic heterocycles. The van der Waals surface area contributed by atoms with Crippen LogP contribution in [0.1, 0.15) is 36.1 Å². The Morgan fingerprint density at radius 3 is 1.92 bits per heavy atom. The predicted octanol–water partition coefficient (Wildman–Crippen LogP) is 13.9. The Morgan fingerprint density at radius 2 is 1.12 bits per heavy atom. The topological polar surface area (TPSA) is 60.8 Å². The van der Waals surface area contributed by atoms with Gasteiger partial charge < -0.3 is 4.74 Å². The molecule has 5 nitrogen and oxygen atoms in total. The molecule has 3 aromatic heterocycles. The number of aromatic nitrogens is 4. The number of para-hydroxylation sites is 1. The van der Waals surface area contributed by atoms with E-state index in [4.69, 9.17) is 19.7 Å². The third-order valence-corrected chi connectivity index (χ3v) is 11.9. The summed E-state index contributed by atoms with van der Waals surface area (Å²) in [6.45, 7) is 4.63. The van der Waals surface area contributed by atoms with E-state index < -0.39 is 0 Å². The Kier molecular flexibility index (Phi) is 8.41. The molecule has 11 rings (SSSR count). The fraction of sp³-hybridized carbons (Fsp3) is 0.0545. The first-order chi connectivity index (χ1) is 29.5. The zero-order valence-corrected chi connectivity index (χ0v) is 33.2. The van der Waals surface area contributed by atoms with Crippen molar-refractivity contribution in [2.45, 2.75) is 19.3 Å². The van der Waals surface area contributed by atoms with Gasteiger partial charge in [-0.05, 0) is 99.1 Å². The number of rotatable bonds is 4. The maximum atomic E-state index is 7.18. The molecule has 0 saturated heterocycles. The highest BCUT2D eigenvalue weighted by Gasteiger charge is 2.37. The number of nitrogens with zero attached hydrogens (tertiary/aromatic N) is 4. The van der Waals surface area contributed by atoms with Gasteiger partial charge in [0.25, 0.3) is 0 Å². The molecule has 5 heteroatoms. The first-order valence-corrected chi connectivity index (χ1v) is 20.3. The lowest BCUT2D eigenvalue weighted by Gasteiger charge is -2.23. The number of benzene rings is 6. The lowest BCUT2D eigenvalue weighted by molar-refractivity contribution is 0.484. The number of ether oxygens (including phenoxy) is 1. The van der Waals surface area contributed by atoms with Crippen LogP contribution < -0.4 is 4.74 Å². The van der Waals surface area contributed by atoms with Crippen molar-refractivity contribution >= 4 is 12.2 Å². The third kappa shape index (κ3) is 6.11. The minimum absolute atomic E-state index is 0.205. The first-order valence-electron chi connectivity index (χ1n) is 20.3. The second-order valence-corrected chi connectivity index (χ2v) is 15.9. The Morgan fingerprint density at radius 1 is 0.417 bits per heavy atom.